The van der Waals surface area contributed by atoms with Crippen LogP contribution < -0.4 is 4.90 Å². The van der Waals surface area contributed by atoms with Crippen LogP contribution in [0.25, 0.3) is 0 Å². The molecule has 0 N–H and O–H groups in total. The van der Waals surface area contributed by atoms with Gasteiger partial charge in [-0.15, -0.1) is 0 Å². The molecule has 0 aliphatic heterocycles. The van der Waals surface area contributed by atoms with E-state index in [9.17, 15) is 4.79 Å². The zero-order chi connectivity index (χ0) is 13.8. The van der Waals surface area contributed by atoms with Crippen LogP contribution in [-0.4, -0.2) is 15.6 Å². The molecule has 0 spiro atoms. The molecule has 1 aromatic heterocycles. The number of aryl methyl sites for hydroxylation is 1. The van der Waals surface area contributed by atoms with Crippen LogP contribution in [0.1, 0.15) is 19.4 Å². The molecule has 2 aromatic rings. The standard InChI is InChI=1S/C15H17N3O/c1-12(2)10-18(14-7-5-4-6-13(14)3)15(19)17-9-8-16-11-17/h4-11H,1-3H3. The van der Waals surface area contributed by atoms with Crippen molar-refractivity contribution in [1.82, 2.24) is 9.55 Å². The van der Waals surface area contributed by atoms with E-state index in [4.69, 9.17) is 0 Å². The van der Waals surface area contributed by atoms with Crippen molar-refractivity contribution in [3.63, 3.8) is 0 Å². The number of anilines is 1. The van der Waals surface area contributed by atoms with Gasteiger partial charge in [-0.3, -0.25) is 9.47 Å². The van der Waals surface area contributed by atoms with Crippen molar-refractivity contribution < 1.29 is 4.79 Å². The Kier molecular flexibility index (Phi) is 3.80. The highest BCUT2D eigenvalue weighted by Gasteiger charge is 2.16. The number of para-hydroxylation sites is 1. The van der Waals surface area contributed by atoms with E-state index in [1.54, 1.807) is 17.3 Å². The van der Waals surface area contributed by atoms with Gasteiger partial charge in [-0.1, -0.05) is 23.8 Å². The fourth-order valence-corrected chi connectivity index (χ4v) is 1.82. The molecule has 0 bridgehead atoms. The molecule has 0 saturated carbocycles. The van der Waals surface area contributed by atoms with Crippen LogP contribution in [-0.2, 0) is 0 Å². The van der Waals surface area contributed by atoms with E-state index in [0.717, 1.165) is 16.8 Å². The predicted octanol–water partition coefficient (Wildman–Crippen LogP) is 3.59. The van der Waals surface area contributed by atoms with Gasteiger partial charge in [-0.2, -0.15) is 0 Å². The number of hydrogen-bond donors (Lipinski definition) is 0. The summed E-state index contributed by atoms with van der Waals surface area (Å²) in [5.41, 5.74) is 2.98. The Hall–Kier alpha value is -2.36. The first-order valence-electron chi connectivity index (χ1n) is 6.12. The summed E-state index contributed by atoms with van der Waals surface area (Å²) in [5, 5.41) is 0. The van der Waals surface area contributed by atoms with E-state index in [2.05, 4.69) is 4.98 Å². The Morgan fingerprint density at radius 3 is 2.63 bits per heavy atom. The fraction of sp³-hybridized carbons (Fsp3) is 0.200. The van der Waals surface area contributed by atoms with Crippen molar-refractivity contribution in [2.45, 2.75) is 20.8 Å². The molecule has 1 heterocycles. The topological polar surface area (TPSA) is 38.1 Å². The minimum absolute atomic E-state index is 0.145. The van der Waals surface area contributed by atoms with Gasteiger partial charge in [0.2, 0.25) is 0 Å². The molecule has 1 aromatic carbocycles. The number of imidazole rings is 1. The maximum atomic E-state index is 12.5. The second-order valence-electron chi connectivity index (χ2n) is 4.62. The Bertz CT molecular complexity index is 596. The lowest BCUT2D eigenvalue weighted by Crippen LogP contribution is -2.30. The molecule has 0 atom stereocenters. The lowest BCUT2D eigenvalue weighted by molar-refractivity contribution is 0.249. The van der Waals surface area contributed by atoms with Gasteiger partial charge in [0.05, 0.1) is 5.69 Å². The summed E-state index contributed by atoms with van der Waals surface area (Å²) in [6.07, 6.45) is 6.58. The van der Waals surface area contributed by atoms with E-state index in [-0.39, 0.29) is 6.03 Å². The molecular formula is C15H17N3O. The van der Waals surface area contributed by atoms with Crippen LogP contribution in [0.4, 0.5) is 10.5 Å². The lowest BCUT2D eigenvalue weighted by atomic mass is 10.2. The predicted molar refractivity (Wildman–Crippen MR) is 76.1 cm³/mol. The average molecular weight is 255 g/mol. The highest BCUT2D eigenvalue weighted by molar-refractivity contribution is 5.96. The molecule has 0 radical (unpaired) electrons. The van der Waals surface area contributed by atoms with E-state index in [1.807, 2.05) is 51.2 Å². The van der Waals surface area contributed by atoms with Crippen LogP contribution in [0.5, 0.6) is 0 Å². The van der Waals surface area contributed by atoms with Crippen molar-refractivity contribution in [2.75, 3.05) is 4.90 Å². The number of carbonyl (C=O) groups is 1. The summed E-state index contributed by atoms with van der Waals surface area (Å²) >= 11 is 0. The van der Waals surface area contributed by atoms with Gasteiger partial charge in [0.1, 0.15) is 6.33 Å². The Balaban J connectivity index is 2.46. The molecular weight excluding hydrogens is 238 g/mol. The maximum Gasteiger partial charge on any atom is 0.338 e. The van der Waals surface area contributed by atoms with Crippen LogP contribution in [0.2, 0.25) is 0 Å². The number of rotatable bonds is 2. The summed E-state index contributed by atoms with van der Waals surface area (Å²) in [7, 11) is 0. The molecule has 0 saturated heterocycles. The number of aromatic nitrogens is 2. The van der Waals surface area contributed by atoms with Crippen molar-refractivity contribution in [3.8, 4) is 0 Å². The van der Waals surface area contributed by atoms with Gasteiger partial charge in [0.25, 0.3) is 0 Å². The smallest absolute Gasteiger partial charge is 0.269 e. The minimum atomic E-state index is -0.145. The summed E-state index contributed by atoms with van der Waals surface area (Å²) < 4.78 is 1.46. The number of hydrogen-bond acceptors (Lipinski definition) is 2. The quantitative estimate of drug-likeness (QED) is 0.822. The normalized spacial score (nSPS) is 10.1. The number of benzene rings is 1. The highest BCUT2D eigenvalue weighted by atomic mass is 16.2. The number of nitrogens with zero attached hydrogens (tertiary/aromatic N) is 3. The first-order chi connectivity index (χ1) is 9.09. The fourth-order valence-electron chi connectivity index (χ4n) is 1.82. The molecule has 0 aliphatic carbocycles. The van der Waals surface area contributed by atoms with Gasteiger partial charge < -0.3 is 0 Å². The van der Waals surface area contributed by atoms with E-state index in [1.165, 1.54) is 10.9 Å². The minimum Gasteiger partial charge on any atom is -0.269 e. The number of amides is 1. The van der Waals surface area contributed by atoms with Crippen LogP contribution >= 0.6 is 0 Å². The van der Waals surface area contributed by atoms with Crippen LogP contribution in [0, 0.1) is 6.92 Å². The van der Waals surface area contributed by atoms with Crippen molar-refractivity contribution in [3.05, 3.63) is 60.3 Å². The molecule has 0 unspecified atom stereocenters. The highest BCUT2D eigenvalue weighted by Crippen LogP contribution is 2.21. The first kappa shape index (κ1) is 13.1. The van der Waals surface area contributed by atoms with E-state index >= 15 is 0 Å². The molecule has 4 nitrogen and oxygen atoms in total. The third-order valence-electron chi connectivity index (χ3n) is 2.69. The van der Waals surface area contributed by atoms with Gasteiger partial charge >= 0.3 is 6.03 Å². The third-order valence-corrected chi connectivity index (χ3v) is 2.69. The Morgan fingerprint density at radius 2 is 2.05 bits per heavy atom. The summed E-state index contributed by atoms with van der Waals surface area (Å²) in [6, 6.07) is 7.66. The SMILES string of the molecule is CC(C)=CN(C(=O)n1ccnc1)c1ccccc1C. The van der Waals surface area contributed by atoms with Gasteiger partial charge in [0, 0.05) is 18.6 Å². The molecule has 2 rings (SSSR count). The Labute approximate surface area is 113 Å². The molecule has 0 aliphatic rings. The summed E-state index contributed by atoms with van der Waals surface area (Å²) in [4.78, 5) is 18.1. The zero-order valence-corrected chi connectivity index (χ0v) is 11.4. The van der Waals surface area contributed by atoms with E-state index < -0.39 is 0 Å². The van der Waals surface area contributed by atoms with Crippen molar-refractivity contribution >= 4 is 11.7 Å². The first-order valence-corrected chi connectivity index (χ1v) is 6.12. The summed E-state index contributed by atoms with van der Waals surface area (Å²) in [5.74, 6) is 0. The zero-order valence-electron chi connectivity index (χ0n) is 11.4. The molecule has 0 fully saturated rings. The number of allylic oxidation sites excluding steroid dienone is 1. The van der Waals surface area contributed by atoms with E-state index in [0.29, 0.717) is 0 Å². The second-order valence-corrected chi connectivity index (χ2v) is 4.62. The maximum absolute atomic E-state index is 12.5. The monoisotopic (exact) mass is 255 g/mol. The van der Waals surface area contributed by atoms with Gasteiger partial charge in [-0.25, -0.2) is 9.78 Å². The largest absolute Gasteiger partial charge is 0.338 e. The molecule has 98 valence electrons. The van der Waals surface area contributed by atoms with Crippen LogP contribution in [0.15, 0.2) is 54.8 Å². The van der Waals surface area contributed by atoms with Crippen molar-refractivity contribution in [1.29, 1.82) is 0 Å². The van der Waals surface area contributed by atoms with Gasteiger partial charge in [0.15, 0.2) is 0 Å². The average Bonchev–Trinajstić information content (AvgIpc) is 2.90. The number of carbonyl (C=O) groups excluding carboxylic acids is 1. The second kappa shape index (κ2) is 5.52. The molecule has 19 heavy (non-hydrogen) atoms. The third kappa shape index (κ3) is 2.91. The summed E-state index contributed by atoms with van der Waals surface area (Å²) in [6.45, 7) is 5.92. The molecule has 1 amide bonds. The Morgan fingerprint density at radius 1 is 1.32 bits per heavy atom. The molecule has 4 heteroatoms. The van der Waals surface area contributed by atoms with Gasteiger partial charge in [-0.05, 0) is 32.4 Å². The lowest BCUT2D eigenvalue weighted by Gasteiger charge is -2.21. The van der Waals surface area contributed by atoms with Crippen molar-refractivity contribution in [2.24, 2.45) is 0 Å². The van der Waals surface area contributed by atoms with Crippen LogP contribution in [0.3, 0.4) is 0 Å².